The lowest BCUT2D eigenvalue weighted by Crippen LogP contribution is -2.49. The smallest absolute Gasteiger partial charge is 0.240 e. The molecule has 0 aliphatic carbocycles. The number of rotatable bonds is 7. The maximum absolute atomic E-state index is 12.7. The second-order valence-corrected chi connectivity index (χ2v) is 8.99. The molecule has 2 aromatic rings. The van der Waals surface area contributed by atoms with Gasteiger partial charge in [0.2, 0.25) is 10.0 Å². The Morgan fingerprint density at radius 2 is 1.68 bits per heavy atom. The molecule has 0 aliphatic heterocycles. The lowest BCUT2D eigenvalue weighted by Gasteiger charge is -2.31. The second-order valence-electron chi connectivity index (χ2n) is 7.25. The van der Waals surface area contributed by atoms with Crippen molar-refractivity contribution < 1.29 is 8.42 Å². The van der Waals surface area contributed by atoms with Crippen LogP contribution in [0.1, 0.15) is 43.5 Å². The highest BCUT2D eigenvalue weighted by molar-refractivity contribution is 7.89. The molecule has 2 aromatic carbocycles. The summed E-state index contributed by atoms with van der Waals surface area (Å²) in [5.74, 6) is 0. The van der Waals surface area contributed by atoms with Crippen LogP contribution in [0, 0.1) is 13.8 Å². The van der Waals surface area contributed by atoms with Crippen LogP contribution in [0.5, 0.6) is 0 Å². The van der Waals surface area contributed by atoms with Crippen molar-refractivity contribution in [1.29, 1.82) is 0 Å². The van der Waals surface area contributed by atoms with Crippen molar-refractivity contribution in [3.63, 3.8) is 0 Å². The van der Waals surface area contributed by atoms with Gasteiger partial charge in [-0.1, -0.05) is 42.5 Å². The van der Waals surface area contributed by atoms with Gasteiger partial charge in [-0.2, -0.15) is 0 Å². The predicted molar refractivity (Wildman–Crippen MR) is 103 cm³/mol. The molecular formula is C20H28N2O2S. The fraction of sp³-hybridized carbons (Fsp3) is 0.400. The van der Waals surface area contributed by atoms with Crippen LogP contribution in [0.2, 0.25) is 0 Å². The van der Waals surface area contributed by atoms with Gasteiger partial charge >= 0.3 is 0 Å². The number of hydrogen-bond donors (Lipinski definition) is 2. The van der Waals surface area contributed by atoms with Crippen molar-refractivity contribution in [2.75, 3.05) is 6.54 Å². The number of sulfonamides is 1. The Labute approximate surface area is 151 Å². The van der Waals surface area contributed by atoms with E-state index in [1.165, 1.54) is 5.56 Å². The quantitative estimate of drug-likeness (QED) is 0.791. The molecular weight excluding hydrogens is 332 g/mol. The zero-order chi connectivity index (χ0) is 18.7. The molecule has 2 rings (SSSR count). The van der Waals surface area contributed by atoms with Gasteiger partial charge in [0.15, 0.2) is 0 Å². The first-order valence-electron chi connectivity index (χ1n) is 8.50. The minimum Gasteiger partial charge on any atom is -0.304 e. The normalized spacial score (nSPS) is 13.6. The van der Waals surface area contributed by atoms with Gasteiger partial charge < -0.3 is 5.32 Å². The monoisotopic (exact) mass is 360 g/mol. The van der Waals surface area contributed by atoms with Crippen molar-refractivity contribution in [1.82, 2.24) is 10.0 Å². The summed E-state index contributed by atoms with van der Waals surface area (Å²) in [6, 6.07) is 15.7. The Morgan fingerprint density at radius 3 is 2.32 bits per heavy atom. The van der Waals surface area contributed by atoms with E-state index in [1.807, 2.05) is 58.0 Å². The van der Waals surface area contributed by atoms with E-state index in [2.05, 4.69) is 29.1 Å². The molecule has 0 aromatic heterocycles. The van der Waals surface area contributed by atoms with Crippen molar-refractivity contribution in [3.05, 3.63) is 65.2 Å². The fourth-order valence-electron chi connectivity index (χ4n) is 2.81. The molecule has 0 spiro atoms. The summed E-state index contributed by atoms with van der Waals surface area (Å²) >= 11 is 0. The zero-order valence-corrected chi connectivity index (χ0v) is 16.4. The first-order chi connectivity index (χ1) is 11.6. The molecule has 1 atom stereocenters. The van der Waals surface area contributed by atoms with Gasteiger partial charge in [-0.25, -0.2) is 13.1 Å². The zero-order valence-electron chi connectivity index (χ0n) is 15.6. The van der Waals surface area contributed by atoms with E-state index >= 15 is 0 Å². The summed E-state index contributed by atoms with van der Waals surface area (Å²) in [5, 5.41) is 3.50. The second kappa shape index (κ2) is 7.68. The van der Waals surface area contributed by atoms with Gasteiger partial charge in [0.1, 0.15) is 0 Å². The van der Waals surface area contributed by atoms with Crippen LogP contribution in [-0.4, -0.2) is 20.5 Å². The van der Waals surface area contributed by atoms with E-state index in [4.69, 9.17) is 0 Å². The molecule has 0 saturated heterocycles. The maximum Gasteiger partial charge on any atom is 0.240 e. The minimum atomic E-state index is -3.54. The highest BCUT2D eigenvalue weighted by Crippen LogP contribution is 2.19. The van der Waals surface area contributed by atoms with Crippen LogP contribution >= 0.6 is 0 Å². The van der Waals surface area contributed by atoms with Crippen LogP contribution < -0.4 is 10.0 Å². The molecule has 5 heteroatoms. The molecule has 25 heavy (non-hydrogen) atoms. The van der Waals surface area contributed by atoms with E-state index < -0.39 is 10.0 Å². The van der Waals surface area contributed by atoms with E-state index in [0.717, 1.165) is 11.1 Å². The number of benzene rings is 2. The van der Waals surface area contributed by atoms with E-state index in [-0.39, 0.29) is 11.6 Å². The molecule has 0 amide bonds. The van der Waals surface area contributed by atoms with Gasteiger partial charge in [0.05, 0.1) is 4.90 Å². The topological polar surface area (TPSA) is 58.2 Å². The molecule has 2 N–H and O–H groups in total. The Balaban J connectivity index is 2.06. The molecule has 0 heterocycles. The fourth-order valence-corrected chi connectivity index (χ4v) is 4.35. The molecule has 0 fully saturated rings. The van der Waals surface area contributed by atoms with Crippen LogP contribution in [-0.2, 0) is 10.0 Å². The molecule has 136 valence electrons. The summed E-state index contributed by atoms with van der Waals surface area (Å²) in [4.78, 5) is 0.347. The van der Waals surface area contributed by atoms with Crippen LogP contribution in [0.15, 0.2) is 53.4 Å². The van der Waals surface area contributed by atoms with E-state index in [1.54, 1.807) is 6.07 Å². The summed E-state index contributed by atoms with van der Waals surface area (Å²) < 4.78 is 28.1. The van der Waals surface area contributed by atoms with Gasteiger partial charge in [-0.3, -0.25) is 0 Å². The van der Waals surface area contributed by atoms with E-state index in [9.17, 15) is 8.42 Å². The van der Waals surface area contributed by atoms with Crippen molar-refractivity contribution in [2.45, 2.75) is 51.1 Å². The summed E-state index contributed by atoms with van der Waals surface area (Å²) in [6.45, 7) is 10.1. The van der Waals surface area contributed by atoms with Gasteiger partial charge in [0, 0.05) is 18.1 Å². The SMILES string of the molecule is Cc1ccc(C)c(S(=O)(=O)NCC(C)(C)NC(C)c2ccccc2)c1. The standard InChI is InChI=1S/C20H28N2O2S/c1-15-11-12-16(2)19(13-15)25(23,24)21-14-20(4,5)22-17(3)18-9-7-6-8-10-18/h6-13,17,21-22H,14H2,1-5H3. The lowest BCUT2D eigenvalue weighted by molar-refractivity contribution is 0.346. The Morgan fingerprint density at radius 1 is 1.04 bits per heavy atom. The summed E-state index contributed by atoms with van der Waals surface area (Å²) in [7, 11) is -3.54. The maximum atomic E-state index is 12.7. The van der Waals surface area contributed by atoms with Crippen LogP contribution in [0.4, 0.5) is 0 Å². The molecule has 1 unspecified atom stereocenters. The molecule has 0 aliphatic rings. The largest absolute Gasteiger partial charge is 0.304 e. The van der Waals surface area contributed by atoms with Gasteiger partial charge in [-0.05, 0) is 57.4 Å². The number of nitrogens with one attached hydrogen (secondary N) is 2. The molecule has 0 bridgehead atoms. The van der Waals surface area contributed by atoms with Gasteiger partial charge in [-0.15, -0.1) is 0 Å². The summed E-state index contributed by atoms with van der Waals surface area (Å²) in [5.41, 5.74) is 2.47. The van der Waals surface area contributed by atoms with Crippen molar-refractivity contribution >= 4 is 10.0 Å². The summed E-state index contributed by atoms with van der Waals surface area (Å²) in [6.07, 6.45) is 0. The third-order valence-corrected chi connectivity index (χ3v) is 5.79. The van der Waals surface area contributed by atoms with E-state index in [0.29, 0.717) is 11.4 Å². The average molecular weight is 361 g/mol. The predicted octanol–water partition coefficient (Wildman–Crippen LogP) is 3.71. The third-order valence-electron chi connectivity index (χ3n) is 4.24. The molecule has 0 radical (unpaired) electrons. The Kier molecular flexibility index (Phi) is 6.03. The Hall–Kier alpha value is -1.69. The van der Waals surface area contributed by atoms with Crippen LogP contribution in [0.3, 0.4) is 0 Å². The average Bonchev–Trinajstić information content (AvgIpc) is 2.56. The number of hydrogen-bond acceptors (Lipinski definition) is 3. The molecule has 4 nitrogen and oxygen atoms in total. The first-order valence-corrected chi connectivity index (χ1v) is 9.99. The van der Waals surface area contributed by atoms with Gasteiger partial charge in [0.25, 0.3) is 0 Å². The Bertz CT molecular complexity index is 815. The minimum absolute atomic E-state index is 0.126. The number of aryl methyl sites for hydroxylation is 2. The third kappa shape index (κ3) is 5.39. The lowest BCUT2D eigenvalue weighted by atomic mass is 10.0. The molecule has 0 saturated carbocycles. The first kappa shape index (κ1) is 19.6. The van der Waals surface area contributed by atoms with Crippen molar-refractivity contribution in [3.8, 4) is 0 Å². The highest BCUT2D eigenvalue weighted by Gasteiger charge is 2.25. The van der Waals surface area contributed by atoms with Crippen LogP contribution in [0.25, 0.3) is 0 Å². The van der Waals surface area contributed by atoms with Crippen molar-refractivity contribution in [2.24, 2.45) is 0 Å². The highest BCUT2D eigenvalue weighted by atomic mass is 32.2.